The van der Waals surface area contributed by atoms with E-state index in [2.05, 4.69) is 32.0 Å². The molecule has 2 aromatic rings. The van der Waals surface area contributed by atoms with Gasteiger partial charge in [-0.2, -0.15) is 0 Å². The molecule has 0 amide bonds. The van der Waals surface area contributed by atoms with Gasteiger partial charge in [-0.05, 0) is 24.5 Å². The van der Waals surface area contributed by atoms with Crippen LogP contribution in [0.5, 0.6) is 0 Å². The minimum absolute atomic E-state index is 0.982. The molecule has 74 valence electrons. The van der Waals surface area contributed by atoms with Gasteiger partial charge in [-0.15, -0.1) is 11.3 Å². The van der Waals surface area contributed by atoms with Gasteiger partial charge < -0.3 is 5.73 Å². The van der Waals surface area contributed by atoms with Gasteiger partial charge in [0.25, 0.3) is 0 Å². The highest BCUT2D eigenvalue weighted by Gasteiger charge is 2.07. The lowest BCUT2D eigenvalue weighted by Gasteiger charge is -1.96. The molecule has 2 N–H and O–H groups in total. The number of anilines is 1. The molecular weight excluding hydrogens is 190 g/mol. The zero-order chi connectivity index (χ0) is 10.1. The van der Waals surface area contributed by atoms with Crippen LogP contribution < -0.4 is 5.73 Å². The van der Waals surface area contributed by atoms with Crippen LogP contribution in [0.25, 0.3) is 10.1 Å². The third-order valence-electron chi connectivity index (χ3n) is 2.60. The molecule has 0 spiro atoms. The lowest BCUT2D eigenvalue weighted by atomic mass is 10.1. The molecule has 0 aliphatic heterocycles. The van der Waals surface area contributed by atoms with Crippen LogP contribution in [-0.2, 0) is 12.8 Å². The van der Waals surface area contributed by atoms with Crippen molar-refractivity contribution < 1.29 is 0 Å². The maximum atomic E-state index is 6.05. The van der Waals surface area contributed by atoms with E-state index in [1.54, 1.807) is 0 Å². The number of benzene rings is 1. The number of hydrogen-bond acceptors (Lipinski definition) is 2. The lowest BCUT2D eigenvalue weighted by Crippen LogP contribution is -1.86. The number of nitrogen functional groups attached to an aromatic ring is 1. The van der Waals surface area contributed by atoms with Crippen molar-refractivity contribution in [2.24, 2.45) is 0 Å². The van der Waals surface area contributed by atoms with E-state index in [4.69, 9.17) is 5.73 Å². The molecule has 14 heavy (non-hydrogen) atoms. The Kier molecular flexibility index (Phi) is 2.46. The first-order valence-corrected chi connectivity index (χ1v) is 5.87. The third kappa shape index (κ3) is 1.40. The van der Waals surface area contributed by atoms with Crippen molar-refractivity contribution in [3.05, 3.63) is 28.6 Å². The van der Waals surface area contributed by atoms with E-state index in [9.17, 15) is 0 Å². The van der Waals surface area contributed by atoms with Gasteiger partial charge in [-0.25, -0.2) is 0 Å². The summed E-state index contributed by atoms with van der Waals surface area (Å²) in [6.07, 6.45) is 2.13. The highest BCUT2D eigenvalue weighted by molar-refractivity contribution is 7.19. The molecule has 0 aliphatic rings. The number of hydrogen-bond donors (Lipinski definition) is 1. The first-order valence-electron chi connectivity index (χ1n) is 5.06. The second-order valence-electron chi connectivity index (χ2n) is 3.48. The summed E-state index contributed by atoms with van der Waals surface area (Å²) in [4.78, 5) is 1.31. The molecule has 2 heteroatoms. The maximum absolute atomic E-state index is 6.05. The fourth-order valence-electron chi connectivity index (χ4n) is 1.69. The molecule has 0 fully saturated rings. The second-order valence-corrected chi connectivity index (χ2v) is 4.61. The topological polar surface area (TPSA) is 26.0 Å². The predicted molar refractivity (Wildman–Crippen MR) is 65.0 cm³/mol. The first-order chi connectivity index (χ1) is 6.76. The molecule has 0 aliphatic carbocycles. The average molecular weight is 205 g/mol. The Hall–Kier alpha value is -1.02. The van der Waals surface area contributed by atoms with Crippen molar-refractivity contribution in [3.63, 3.8) is 0 Å². The molecule has 0 unspecified atom stereocenters. The van der Waals surface area contributed by atoms with Gasteiger partial charge in [0, 0.05) is 15.0 Å². The number of aryl methyl sites for hydroxylation is 2. The van der Waals surface area contributed by atoms with Crippen molar-refractivity contribution in [1.29, 1.82) is 0 Å². The molecule has 1 heterocycles. The van der Waals surface area contributed by atoms with Crippen LogP contribution in [-0.4, -0.2) is 0 Å². The standard InChI is InChI=1S/C12H15NS/c1-3-8-5-6-9-11(7-8)14-10(4-2)12(9)13/h5-7H,3-4,13H2,1-2H3. The molecule has 1 aromatic carbocycles. The largest absolute Gasteiger partial charge is 0.397 e. The molecule has 0 atom stereocenters. The van der Waals surface area contributed by atoms with Gasteiger partial charge in [-0.3, -0.25) is 0 Å². The van der Waals surface area contributed by atoms with Crippen LogP contribution in [0, 0.1) is 0 Å². The van der Waals surface area contributed by atoms with E-state index < -0.39 is 0 Å². The van der Waals surface area contributed by atoms with Crippen LogP contribution >= 0.6 is 11.3 Å². The van der Waals surface area contributed by atoms with Crippen LogP contribution in [0.1, 0.15) is 24.3 Å². The molecule has 0 bridgehead atoms. The van der Waals surface area contributed by atoms with Crippen molar-refractivity contribution in [2.45, 2.75) is 26.7 Å². The van der Waals surface area contributed by atoms with E-state index in [0.29, 0.717) is 0 Å². The first kappa shape index (κ1) is 9.53. The monoisotopic (exact) mass is 205 g/mol. The van der Waals surface area contributed by atoms with Crippen molar-refractivity contribution in [3.8, 4) is 0 Å². The minimum atomic E-state index is 0.982. The Morgan fingerprint density at radius 3 is 2.64 bits per heavy atom. The molecule has 0 radical (unpaired) electrons. The predicted octanol–water partition coefficient (Wildman–Crippen LogP) is 3.61. The fraction of sp³-hybridized carbons (Fsp3) is 0.333. The summed E-state index contributed by atoms with van der Waals surface area (Å²) in [6.45, 7) is 4.33. The fourth-order valence-corrected chi connectivity index (χ4v) is 2.82. The average Bonchev–Trinajstić information content (AvgIpc) is 2.55. The number of nitrogens with two attached hydrogens (primary N) is 1. The molecule has 0 saturated heterocycles. The Labute approximate surface area is 88.6 Å². The van der Waals surface area contributed by atoms with E-state index in [0.717, 1.165) is 18.5 Å². The van der Waals surface area contributed by atoms with Gasteiger partial charge >= 0.3 is 0 Å². The molecule has 2 rings (SSSR count). The summed E-state index contributed by atoms with van der Waals surface area (Å²) in [5, 5.41) is 1.23. The van der Waals surface area contributed by atoms with Crippen molar-refractivity contribution >= 4 is 27.1 Å². The SMILES string of the molecule is CCc1ccc2c(N)c(CC)sc2c1. The zero-order valence-corrected chi connectivity index (χ0v) is 9.45. The minimum Gasteiger partial charge on any atom is -0.397 e. The summed E-state index contributed by atoms with van der Waals surface area (Å²) in [6, 6.07) is 6.58. The smallest absolute Gasteiger partial charge is 0.0535 e. The van der Waals surface area contributed by atoms with Crippen LogP contribution in [0.3, 0.4) is 0 Å². The van der Waals surface area contributed by atoms with Crippen LogP contribution in [0.15, 0.2) is 18.2 Å². The van der Waals surface area contributed by atoms with Gasteiger partial charge in [-0.1, -0.05) is 26.0 Å². The summed E-state index contributed by atoms with van der Waals surface area (Å²) in [5.74, 6) is 0. The van der Waals surface area contributed by atoms with Crippen LogP contribution in [0.2, 0.25) is 0 Å². The number of rotatable bonds is 2. The summed E-state index contributed by atoms with van der Waals surface area (Å²) < 4.78 is 1.33. The van der Waals surface area contributed by atoms with Crippen LogP contribution in [0.4, 0.5) is 5.69 Å². The van der Waals surface area contributed by atoms with Crippen molar-refractivity contribution in [2.75, 3.05) is 5.73 Å². The number of thiophene rings is 1. The quantitative estimate of drug-likeness (QED) is 0.796. The number of fused-ring (bicyclic) bond motifs is 1. The Bertz CT molecular complexity index is 457. The molecule has 1 aromatic heterocycles. The van der Waals surface area contributed by atoms with Gasteiger partial charge in [0.05, 0.1) is 5.69 Å². The van der Waals surface area contributed by atoms with E-state index in [1.807, 2.05) is 11.3 Å². The summed E-state index contributed by atoms with van der Waals surface area (Å²) >= 11 is 1.83. The normalized spacial score (nSPS) is 11.0. The molecule has 0 saturated carbocycles. The molecular formula is C12H15NS. The van der Waals surface area contributed by atoms with E-state index >= 15 is 0 Å². The highest BCUT2D eigenvalue weighted by atomic mass is 32.1. The zero-order valence-electron chi connectivity index (χ0n) is 8.63. The van der Waals surface area contributed by atoms with Gasteiger partial charge in [0.15, 0.2) is 0 Å². The van der Waals surface area contributed by atoms with E-state index in [-0.39, 0.29) is 0 Å². The lowest BCUT2D eigenvalue weighted by molar-refractivity contribution is 1.15. The third-order valence-corrected chi connectivity index (χ3v) is 3.91. The summed E-state index contributed by atoms with van der Waals surface area (Å²) in [7, 11) is 0. The van der Waals surface area contributed by atoms with Crippen molar-refractivity contribution in [1.82, 2.24) is 0 Å². The maximum Gasteiger partial charge on any atom is 0.0535 e. The Morgan fingerprint density at radius 2 is 2.00 bits per heavy atom. The Balaban J connectivity index is 2.66. The van der Waals surface area contributed by atoms with E-state index in [1.165, 1.54) is 20.5 Å². The highest BCUT2D eigenvalue weighted by Crippen LogP contribution is 2.34. The van der Waals surface area contributed by atoms with Gasteiger partial charge in [0.2, 0.25) is 0 Å². The summed E-state index contributed by atoms with van der Waals surface area (Å²) in [5.41, 5.74) is 8.42. The van der Waals surface area contributed by atoms with Gasteiger partial charge in [0.1, 0.15) is 0 Å². The molecule has 1 nitrogen and oxygen atoms in total. The Morgan fingerprint density at radius 1 is 1.21 bits per heavy atom. The second kappa shape index (κ2) is 3.62.